The minimum atomic E-state index is 0.214. The zero-order valence-electron chi connectivity index (χ0n) is 15.7. The normalized spacial score (nSPS) is 21.7. The van der Waals surface area contributed by atoms with Gasteiger partial charge in [0, 0.05) is 18.0 Å². The fourth-order valence-corrected chi connectivity index (χ4v) is 5.47. The van der Waals surface area contributed by atoms with E-state index in [1.165, 1.54) is 54.5 Å². The summed E-state index contributed by atoms with van der Waals surface area (Å²) in [5.41, 5.74) is 2.73. The average molecular weight is 368 g/mol. The first-order valence-electron chi connectivity index (χ1n) is 10.2. The van der Waals surface area contributed by atoms with Gasteiger partial charge in [-0.3, -0.25) is 4.79 Å². The van der Waals surface area contributed by atoms with Gasteiger partial charge in [-0.25, -0.2) is 0 Å². The number of thiophene rings is 1. The van der Waals surface area contributed by atoms with Gasteiger partial charge in [0.25, 0.3) is 5.91 Å². The lowest BCUT2D eigenvalue weighted by Crippen LogP contribution is -2.38. The molecule has 1 saturated carbocycles. The zero-order valence-corrected chi connectivity index (χ0v) is 16.6. The van der Waals surface area contributed by atoms with E-state index in [2.05, 4.69) is 37.3 Å². The fraction of sp³-hybridized carbons (Fsp3) is 0.522. The molecule has 1 aliphatic heterocycles. The summed E-state index contributed by atoms with van der Waals surface area (Å²) < 4.78 is 0. The maximum absolute atomic E-state index is 12.8. The second-order valence-corrected chi connectivity index (χ2v) is 9.20. The van der Waals surface area contributed by atoms with E-state index in [4.69, 9.17) is 0 Å². The van der Waals surface area contributed by atoms with E-state index < -0.39 is 0 Å². The van der Waals surface area contributed by atoms with E-state index in [1.54, 1.807) is 11.3 Å². The van der Waals surface area contributed by atoms with Crippen molar-refractivity contribution >= 4 is 17.2 Å². The molecule has 2 fully saturated rings. The smallest absolute Gasteiger partial charge is 0.263 e. The van der Waals surface area contributed by atoms with Gasteiger partial charge in [0.2, 0.25) is 0 Å². The second-order valence-electron chi connectivity index (χ2n) is 8.12. The quantitative estimate of drug-likeness (QED) is 0.620. The maximum atomic E-state index is 12.8. The van der Waals surface area contributed by atoms with E-state index in [0.717, 1.165) is 30.3 Å². The number of piperidine rings is 1. The van der Waals surface area contributed by atoms with E-state index >= 15 is 0 Å². The van der Waals surface area contributed by atoms with E-state index in [9.17, 15) is 4.79 Å². The van der Waals surface area contributed by atoms with Crippen LogP contribution in [0.15, 0.2) is 36.4 Å². The Kier molecular flexibility index (Phi) is 5.44. The highest BCUT2D eigenvalue weighted by Crippen LogP contribution is 2.35. The second kappa shape index (κ2) is 7.96. The van der Waals surface area contributed by atoms with Gasteiger partial charge >= 0.3 is 0 Å². The molecule has 0 bridgehead atoms. The molecule has 3 heteroatoms. The lowest BCUT2D eigenvalue weighted by molar-refractivity contribution is 0.0688. The molecule has 2 aromatic rings. The predicted octanol–water partition coefficient (Wildman–Crippen LogP) is 6.33. The highest BCUT2D eigenvalue weighted by Gasteiger charge is 2.23. The highest BCUT2D eigenvalue weighted by molar-refractivity contribution is 7.17. The Bertz CT molecular complexity index is 742. The SMILES string of the molecule is CC1CCCN(C(=O)c2ccc(-c3ccc(C4CCCCC4)cc3)s2)C1. The van der Waals surface area contributed by atoms with E-state index in [-0.39, 0.29) is 5.91 Å². The first kappa shape index (κ1) is 17.8. The van der Waals surface area contributed by atoms with Crippen LogP contribution in [-0.2, 0) is 0 Å². The van der Waals surface area contributed by atoms with Gasteiger partial charge in [-0.2, -0.15) is 0 Å². The molecule has 138 valence electrons. The molecule has 4 rings (SSSR count). The summed E-state index contributed by atoms with van der Waals surface area (Å²) in [5, 5.41) is 0. The third-order valence-corrected chi connectivity index (χ3v) is 7.16. The summed E-state index contributed by atoms with van der Waals surface area (Å²) in [7, 11) is 0. The van der Waals surface area contributed by atoms with Crippen LogP contribution >= 0.6 is 11.3 Å². The fourth-order valence-electron chi connectivity index (χ4n) is 4.49. The largest absolute Gasteiger partial charge is 0.338 e. The van der Waals surface area contributed by atoms with Crippen LogP contribution < -0.4 is 0 Å². The monoisotopic (exact) mass is 367 g/mol. The summed E-state index contributed by atoms with van der Waals surface area (Å²) in [6.45, 7) is 4.06. The number of carbonyl (C=O) groups is 1. The van der Waals surface area contributed by atoms with Crippen molar-refractivity contribution in [2.75, 3.05) is 13.1 Å². The molecule has 1 aromatic carbocycles. The molecule has 2 heterocycles. The standard InChI is InChI=1S/C23H29NOS/c1-17-6-5-15-24(16-17)23(25)22-14-13-21(26-22)20-11-9-19(10-12-20)18-7-3-2-4-8-18/h9-14,17-18H,2-8,15-16H2,1H3. The van der Waals surface area contributed by atoms with Crippen LogP contribution in [0.2, 0.25) is 0 Å². The number of amides is 1. The highest BCUT2D eigenvalue weighted by atomic mass is 32.1. The lowest BCUT2D eigenvalue weighted by atomic mass is 9.84. The Hall–Kier alpha value is -1.61. The number of hydrogen-bond acceptors (Lipinski definition) is 2. The molecule has 26 heavy (non-hydrogen) atoms. The van der Waals surface area contributed by atoms with Crippen molar-refractivity contribution in [2.24, 2.45) is 5.92 Å². The number of rotatable bonds is 3. The summed E-state index contributed by atoms with van der Waals surface area (Å²) in [6.07, 6.45) is 9.20. The summed E-state index contributed by atoms with van der Waals surface area (Å²) in [5.74, 6) is 1.59. The molecule has 1 aromatic heterocycles. The zero-order chi connectivity index (χ0) is 17.9. The number of hydrogen-bond donors (Lipinski definition) is 0. The van der Waals surface area contributed by atoms with Crippen molar-refractivity contribution in [2.45, 2.75) is 57.8 Å². The summed E-state index contributed by atoms with van der Waals surface area (Å²) in [4.78, 5) is 16.9. The van der Waals surface area contributed by atoms with Gasteiger partial charge in [0.05, 0.1) is 4.88 Å². The third-order valence-electron chi connectivity index (χ3n) is 6.03. The van der Waals surface area contributed by atoms with Gasteiger partial charge in [0.15, 0.2) is 0 Å². The van der Waals surface area contributed by atoms with E-state index in [0.29, 0.717) is 5.92 Å². The average Bonchev–Trinajstić information content (AvgIpc) is 3.18. The molecule has 2 nitrogen and oxygen atoms in total. The Morgan fingerprint density at radius 3 is 2.46 bits per heavy atom. The number of benzene rings is 1. The van der Waals surface area contributed by atoms with Gasteiger partial charge in [-0.15, -0.1) is 11.3 Å². The van der Waals surface area contributed by atoms with Gasteiger partial charge in [-0.05, 0) is 60.8 Å². The minimum Gasteiger partial charge on any atom is -0.338 e. The van der Waals surface area contributed by atoms with Gasteiger partial charge in [-0.1, -0.05) is 50.5 Å². The first-order valence-corrected chi connectivity index (χ1v) is 11.0. The third kappa shape index (κ3) is 3.88. The number of carbonyl (C=O) groups excluding carboxylic acids is 1. The molecule has 1 amide bonds. The van der Waals surface area contributed by atoms with Crippen LogP contribution in [0, 0.1) is 5.92 Å². The summed E-state index contributed by atoms with van der Waals surface area (Å²) >= 11 is 1.64. The molecule has 2 aliphatic rings. The maximum Gasteiger partial charge on any atom is 0.263 e. The Morgan fingerprint density at radius 1 is 0.962 bits per heavy atom. The van der Waals surface area contributed by atoms with Gasteiger partial charge in [0.1, 0.15) is 0 Å². The van der Waals surface area contributed by atoms with Crippen LogP contribution in [0.3, 0.4) is 0 Å². The van der Waals surface area contributed by atoms with Crippen LogP contribution in [0.25, 0.3) is 10.4 Å². The minimum absolute atomic E-state index is 0.214. The van der Waals surface area contributed by atoms with Crippen LogP contribution in [0.5, 0.6) is 0 Å². The van der Waals surface area contributed by atoms with Crippen LogP contribution in [0.4, 0.5) is 0 Å². The van der Waals surface area contributed by atoms with Crippen molar-refractivity contribution in [1.29, 1.82) is 0 Å². The van der Waals surface area contributed by atoms with Crippen molar-refractivity contribution in [3.05, 3.63) is 46.8 Å². The Balaban J connectivity index is 1.46. The Morgan fingerprint density at radius 2 is 1.73 bits per heavy atom. The van der Waals surface area contributed by atoms with Gasteiger partial charge < -0.3 is 4.90 Å². The molecule has 0 spiro atoms. The van der Waals surface area contributed by atoms with E-state index in [1.807, 2.05) is 11.0 Å². The van der Waals surface area contributed by atoms with Crippen LogP contribution in [0.1, 0.15) is 73.0 Å². The summed E-state index contributed by atoms with van der Waals surface area (Å²) in [6, 6.07) is 13.2. The van der Waals surface area contributed by atoms with Crippen molar-refractivity contribution < 1.29 is 4.79 Å². The van der Waals surface area contributed by atoms with Crippen molar-refractivity contribution in [3.8, 4) is 10.4 Å². The molecule has 0 radical (unpaired) electrons. The Labute approximate surface area is 161 Å². The molecule has 1 aliphatic carbocycles. The molecule has 1 saturated heterocycles. The molecular weight excluding hydrogens is 338 g/mol. The first-order chi connectivity index (χ1) is 12.7. The molecular formula is C23H29NOS. The van der Waals surface area contributed by atoms with Crippen molar-refractivity contribution in [1.82, 2.24) is 4.90 Å². The predicted molar refractivity (Wildman–Crippen MR) is 110 cm³/mol. The molecule has 1 atom stereocenters. The van der Waals surface area contributed by atoms with Crippen molar-refractivity contribution in [3.63, 3.8) is 0 Å². The topological polar surface area (TPSA) is 20.3 Å². The number of nitrogens with zero attached hydrogens (tertiary/aromatic N) is 1. The molecule has 0 N–H and O–H groups in total. The lowest BCUT2D eigenvalue weighted by Gasteiger charge is -2.30. The molecule has 1 unspecified atom stereocenters. The van der Waals surface area contributed by atoms with Crippen LogP contribution in [-0.4, -0.2) is 23.9 Å². The number of likely N-dealkylation sites (tertiary alicyclic amines) is 1.